The quantitative estimate of drug-likeness (QED) is 0.450. The fourth-order valence-electron chi connectivity index (χ4n) is 2.11. The van der Waals surface area contributed by atoms with Gasteiger partial charge in [0, 0.05) is 0 Å². The molecule has 0 aliphatic carbocycles. The first-order valence-electron chi connectivity index (χ1n) is 7.77. The van der Waals surface area contributed by atoms with Crippen molar-refractivity contribution in [1.29, 1.82) is 0 Å². The molecule has 0 radical (unpaired) electrons. The second-order valence-electron chi connectivity index (χ2n) is 5.05. The number of allylic oxidation sites excluding steroid dienone is 4. The van der Waals surface area contributed by atoms with Crippen LogP contribution in [0.1, 0.15) is 89.5 Å². The topological polar surface area (TPSA) is 0 Å². The third-order valence-electron chi connectivity index (χ3n) is 2.47. The highest BCUT2D eigenvalue weighted by Gasteiger charge is 2.22. The van der Waals surface area contributed by atoms with E-state index in [2.05, 4.69) is 59.8 Å². The Morgan fingerprint density at radius 2 is 1.47 bits per heavy atom. The molecule has 0 aliphatic rings. The Bertz CT molecular complexity index is 204. The molecule has 0 aromatic rings. The van der Waals surface area contributed by atoms with Crippen molar-refractivity contribution in [2.75, 3.05) is 0 Å². The molecule has 0 saturated heterocycles. The molecule has 19 heavy (non-hydrogen) atoms. The average molecular weight is 271 g/mol. The normalized spacial score (nSPS) is 11.2. The molecule has 0 bridgehead atoms. The molecule has 0 aromatic heterocycles. The lowest BCUT2D eigenvalue weighted by Gasteiger charge is -2.28. The lowest BCUT2D eigenvalue weighted by atomic mass is 9.77. The minimum Gasteiger partial charge on any atom is -0.0874 e. The minimum atomic E-state index is 0. The first-order chi connectivity index (χ1) is 8.44. The molecule has 0 unspecified atom stereocenters. The molecule has 0 N–H and O–H groups in total. The summed E-state index contributed by atoms with van der Waals surface area (Å²) in [5, 5.41) is 0. The van der Waals surface area contributed by atoms with E-state index in [1.165, 1.54) is 12.0 Å². The van der Waals surface area contributed by atoms with E-state index in [4.69, 9.17) is 0 Å². The van der Waals surface area contributed by atoms with Crippen molar-refractivity contribution in [3.05, 3.63) is 23.8 Å². The fraction of sp³-hybridized carbons (Fsp3) is 0.789. The molecule has 0 aromatic carbocycles. The maximum Gasteiger partial charge on any atom is -0.0104 e. The Morgan fingerprint density at radius 3 is 1.74 bits per heavy atom. The highest BCUT2D eigenvalue weighted by molar-refractivity contribution is 5.25. The van der Waals surface area contributed by atoms with E-state index >= 15 is 0 Å². The zero-order valence-corrected chi connectivity index (χ0v) is 14.7. The van der Waals surface area contributed by atoms with Gasteiger partial charge in [0.2, 0.25) is 0 Å². The molecule has 0 amide bonds. The molecular weight excluding hydrogens is 228 g/mol. The van der Waals surface area contributed by atoms with Crippen LogP contribution in [0.15, 0.2) is 23.8 Å². The van der Waals surface area contributed by atoms with Crippen LogP contribution in [0.25, 0.3) is 0 Å². The van der Waals surface area contributed by atoms with Gasteiger partial charge in [0.25, 0.3) is 0 Å². The van der Waals surface area contributed by atoms with E-state index < -0.39 is 0 Å². The van der Waals surface area contributed by atoms with Crippen molar-refractivity contribution >= 4 is 0 Å². The predicted molar refractivity (Wildman–Crippen MR) is 95.9 cm³/mol. The average Bonchev–Trinajstić information content (AvgIpc) is 2.32. The molecule has 0 aliphatic heterocycles. The van der Waals surface area contributed by atoms with Crippen LogP contribution in [-0.2, 0) is 0 Å². The summed E-state index contributed by atoms with van der Waals surface area (Å²) in [6.07, 6.45) is 9.13. The standard InChI is InChI=1S/C14H26.2C2H6.CH4/c1-7-9-13(10-8-2)14(5,6)11-12(3)4;2*1-2;/h7,9-10,12H,8,11H2,1-6H3;2*1-2H3;1H4/b9-7-,13-10+;;;. The van der Waals surface area contributed by atoms with Crippen LogP contribution in [-0.4, -0.2) is 0 Å². The van der Waals surface area contributed by atoms with Gasteiger partial charge in [-0.25, -0.2) is 0 Å². The Labute approximate surface area is 125 Å². The summed E-state index contributed by atoms with van der Waals surface area (Å²) in [6, 6.07) is 0. The Morgan fingerprint density at radius 1 is 1.05 bits per heavy atom. The van der Waals surface area contributed by atoms with E-state index in [-0.39, 0.29) is 7.43 Å². The summed E-state index contributed by atoms with van der Waals surface area (Å²) in [4.78, 5) is 0. The van der Waals surface area contributed by atoms with Crippen LogP contribution >= 0.6 is 0 Å². The van der Waals surface area contributed by atoms with E-state index in [0.717, 1.165) is 12.3 Å². The van der Waals surface area contributed by atoms with Crippen molar-refractivity contribution in [2.24, 2.45) is 11.3 Å². The maximum absolute atomic E-state index is 2.35. The zero-order valence-electron chi connectivity index (χ0n) is 14.7. The second-order valence-corrected chi connectivity index (χ2v) is 5.05. The Balaban J connectivity index is -0.000000204. The SMILES string of the molecule is C.C/C=C\C(=C/CC)C(C)(C)CC(C)C.CC.CC. The summed E-state index contributed by atoms with van der Waals surface area (Å²) in [7, 11) is 0. The van der Waals surface area contributed by atoms with Gasteiger partial charge in [0.05, 0.1) is 0 Å². The lowest BCUT2D eigenvalue weighted by Crippen LogP contribution is -2.16. The van der Waals surface area contributed by atoms with Crippen LogP contribution in [0.3, 0.4) is 0 Å². The number of hydrogen-bond donors (Lipinski definition) is 0. The fourth-order valence-corrected chi connectivity index (χ4v) is 2.11. The van der Waals surface area contributed by atoms with Gasteiger partial charge in [-0.2, -0.15) is 0 Å². The van der Waals surface area contributed by atoms with E-state index in [1.54, 1.807) is 0 Å². The monoisotopic (exact) mass is 270 g/mol. The molecule has 0 atom stereocenters. The first kappa shape index (κ1) is 26.9. The smallest absolute Gasteiger partial charge is 0.0104 e. The third-order valence-corrected chi connectivity index (χ3v) is 2.47. The molecule has 118 valence electrons. The van der Waals surface area contributed by atoms with Gasteiger partial charge >= 0.3 is 0 Å². The molecule has 0 nitrogen and oxygen atoms in total. The van der Waals surface area contributed by atoms with Crippen molar-refractivity contribution < 1.29 is 0 Å². The Kier molecular flexibility index (Phi) is 24.8. The summed E-state index contributed by atoms with van der Waals surface area (Å²) in [6.45, 7) is 21.6. The summed E-state index contributed by atoms with van der Waals surface area (Å²) in [5.41, 5.74) is 1.80. The highest BCUT2D eigenvalue weighted by Crippen LogP contribution is 2.34. The summed E-state index contributed by atoms with van der Waals surface area (Å²) < 4.78 is 0. The summed E-state index contributed by atoms with van der Waals surface area (Å²) >= 11 is 0. The minimum absolute atomic E-state index is 0. The highest BCUT2D eigenvalue weighted by atomic mass is 14.3. The molecule has 0 spiro atoms. The molecular formula is C19H42. The molecule has 0 fully saturated rings. The van der Waals surface area contributed by atoms with Gasteiger partial charge in [0.15, 0.2) is 0 Å². The molecule has 0 heteroatoms. The van der Waals surface area contributed by atoms with Crippen molar-refractivity contribution in [2.45, 2.75) is 89.5 Å². The van der Waals surface area contributed by atoms with Gasteiger partial charge < -0.3 is 0 Å². The van der Waals surface area contributed by atoms with Crippen molar-refractivity contribution in [3.8, 4) is 0 Å². The van der Waals surface area contributed by atoms with E-state index in [1.807, 2.05) is 27.7 Å². The number of hydrogen-bond acceptors (Lipinski definition) is 0. The van der Waals surface area contributed by atoms with Crippen molar-refractivity contribution in [1.82, 2.24) is 0 Å². The molecule has 0 rings (SSSR count). The van der Waals surface area contributed by atoms with E-state index in [0.29, 0.717) is 5.41 Å². The van der Waals surface area contributed by atoms with Crippen LogP contribution < -0.4 is 0 Å². The van der Waals surface area contributed by atoms with Gasteiger partial charge in [0.1, 0.15) is 0 Å². The van der Waals surface area contributed by atoms with Crippen molar-refractivity contribution in [3.63, 3.8) is 0 Å². The third kappa shape index (κ3) is 15.4. The van der Waals surface area contributed by atoms with E-state index in [9.17, 15) is 0 Å². The largest absolute Gasteiger partial charge is 0.0874 e. The van der Waals surface area contributed by atoms with Crippen LogP contribution in [0, 0.1) is 11.3 Å². The lowest BCUT2D eigenvalue weighted by molar-refractivity contribution is 0.350. The van der Waals surface area contributed by atoms with Gasteiger partial charge in [-0.3, -0.25) is 0 Å². The summed E-state index contributed by atoms with van der Waals surface area (Å²) in [5.74, 6) is 0.760. The zero-order chi connectivity index (χ0) is 15.2. The first-order valence-corrected chi connectivity index (χ1v) is 7.77. The Hall–Kier alpha value is -0.520. The molecule has 0 saturated carbocycles. The van der Waals surface area contributed by atoms with Crippen LogP contribution in [0.4, 0.5) is 0 Å². The van der Waals surface area contributed by atoms with Crippen LogP contribution in [0.5, 0.6) is 0 Å². The predicted octanol–water partition coefficient (Wildman–Crippen LogP) is 7.66. The van der Waals surface area contributed by atoms with Crippen LogP contribution in [0.2, 0.25) is 0 Å². The number of rotatable bonds is 5. The van der Waals surface area contributed by atoms with Gasteiger partial charge in [-0.1, -0.05) is 88.0 Å². The van der Waals surface area contributed by atoms with Gasteiger partial charge in [-0.05, 0) is 36.7 Å². The maximum atomic E-state index is 2.35. The molecule has 0 heterocycles. The second kappa shape index (κ2) is 17.5. The van der Waals surface area contributed by atoms with Gasteiger partial charge in [-0.15, -0.1) is 0 Å².